The highest BCUT2D eigenvalue weighted by atomic mass is 35.7. The predicted molar refractivity (Wildman–Crippen MR) is 56.9 cm³/mol. The van der Waals surface area contributed by atoms with E-state index in [9.17, 15) is 34.8 Å². The van der Waals surface area contributed by atoms with Gasteiger partial charge in [0.2, 0.25) is 5.88 Å². The fourth-order valence-corrected chi connectivity index (χ4v) is 2.47. The Balaban J connectivity index is 3.76. The number of nitrogens with two attached hydrogens (primary N) is 1. The molecule has 0 aliphatic rings. The summed E-state index contributed by atoms with van der Waals surface area (Å²) in [5, 5.41) is 0. The Kier molecular flexibility index (Phi) is 4.65. The molecule has 5 nitrogen and oxygen atoms in total. The summed E-state index contributed by atoms with van der Waals surface area (Å²) in [7, 11) is -0.468. The molecule has 0 aliphatic heterocycles. The van der Waals surface area contributed by atoms with Crippen LogP contribution >= 0.6 is 10.7 Å². The van der Waals surface area contributed by atoms with E-state index in [1.807, 2.05) is 0 Å². The van der Waals surface area contributed by atoms with Crippen LogP contribution in [0.3, 0.4) is 0 Å². The van der Waals surface area contributed by atoms with Gasteiger partial charge in [-0.1, -0.05) is 0 Å². The maximum absolute atomic E-state index is 12.8. The van der Waals surface area contributed by atoms with Crippen LogP contribution in [0.15, 0.2) is 11.0 Å². The highest BCUT2D eigenvalue weighted by molar-refractivity contribution is 8.13. The zero-order valence-corrected chi connectivity index (χ0v) is 11.2. The topological polar surface area (TPSA) is 82.3 Å². The summed E-state index contributed by atoms with van der Waals surface area (Å²) in [6.07, 6.45) is -10.8. The van der Waals surface area contributed by atoms with E-state index in [1.165, 1.54) is 0 Å². The van der Waals surface area contributed by atoms with Crippen LogP contribution < -0.4 is 10.5 Å². The van der Waals surface area contributed by atoms with Crippen LogP contribution in [0.1, 0.15) is 11.3 Å². The van der Waals surface area contributed by atoms with E-state index in [-0.39, 0.29) is 6.07 Å². The monoisotopic (exact) mass is 358 g/mol. The van der Waals surface area contributed by atoms with E-state index in [0.29, 0.717) is 0 Å². The molecule has 0 atom stereocenters. The molecule has 21 heavy (non-hydrogen) atoms. The molecule has 0 spiro atoms. The van der Waals surface area contributed by atoms with Crippen molar-refractivity contribution < 1.29 is 39.5 Å². The molecule has 1 aromatic heterocycles. The minimum Gasteiger partial charge on any atom is -0.386 e. The van der Waals surface area contributed by atoms with Gasteiger partial charge in [0.1, 0.15) is 0 Å². The van der Waals surface area contributed by atoms with E-state index in [2.05, 4.69) is 9.72 Å². The Bertz CT molecular complexity index is 643. The van der Waals surface area contributed by atoms with Crippen LogP contribution in [0, 0.1) is 0 Å². The van der Waals surface area contributed by atoms with Crippen LogP contribution in [0.2, 0.25) is 0 Å². The van der Waals surface area contributed by atoms with Crippen LogP contribution in [0.5, 0.6) is 5.88 Å². The molecule has 0 bridgehead atoms. The second-order valence-electron chi connectivity index (χ2n) is 3.48. The second kappa shape index (κ2) is 5.50. The molecule has 1 rings (SSSR count). The molecule has 0 aliphatic carbocycles. The molecule has 1 aromatic rings. The largest absolute Gasteiger partial charge is 0.574 e. The normalized spacial score (nSPS) is 13.3. The quantitative estimate of drug-likeness (QED) is 0.662. The molecule has 1 heterocycles. The first kappa shape index (κ1) is 17.8. The van der Waals surface area contributed by atoms with Gasteiger partial charge in [0.25, 0.3) is 9.05 Å². The van der Waals surface area contributed by atoms with Crippen molar-refractivity contribution in [3.05, 3.63) is 17.3 Å². The average Bonchev–Trinajstić information content (AvgIpc) is 2.22. The number of alkyl halides is 6. The Morgan fingerprint density at radius 2 is 1.76 bits per heavy atom. The molecule has 0 saturated heterocycles. The number of hydrogen-bond donors (Lipinski definition) is 1. The van der Waals surface area contributed by atoms with Crippen molar-refractivity contribution in [2.75, 3.05) is 0 Å². The molecular formula is C8H5ClF6N2O3S. The van der Waals surface area contributed by atoms with Gasteiger partial charge in [0.15, 0.2) is 4.90 Å². The highest BCUT2D eigenvalue weighted by Gasteiger charge is 2.43. The molecular weight excluding hydrogens is 354 g/mol. The van der Waals surface area contributed by atoms with E-state index >= 15 is 0 Å². The van der Waals surface area contributed by atoms with Crippen molar-refractivity contribution >= 4 is 19.7 Å². The van der Waals surface area contributed by atoms with Gasteiger partial charge in [-0.15, -0.1) is 13.2 Å². The van der Waals surface area contributed by atoms with Crippen LogP contribution in [-0.4, -0.2) is 19.8 Å². The molecule has 120 valence electrons. The average molecular weight is 359 g/mol. The van der Waals surface area contributed by atoms with Crippen LogP contribution in [-0.2, 0) is 21.8 Å². The predicted octanol–water partition coefficient (Wildman–Crippen LogP) is 2.39. The third kappa shape index (κ3) is 4.61. The summed E-state index contributed by atoms with van der Waals surface area (Å²) in [6.45, 7) is -0.681. The van der Waals surface area contributed by atoms with Gasteiger partial charge in [-0.3, -0.25) is 0 Å². The first-order valence-corrected chi connectivity index (χ1v) is 7.08. The standard InChI is InChI=1S/C8H5ClF6N2O3S/c9-21(18,19)5-4(7(10,11)12)1-3(2-16)17-6(5)20-8(13,14)15/h1H,2,16H2. The number of nitrogens with zero attached hydrogens (tertiary/aromatic N) is 1. The maximum Gasteiger partial charge on any atom is 0.574 e. The van der Waals surface area contributed by atoms with Crippen molar-refractivity contribution in [1.29, 1.82) is 0 Å². The van der Waals surface area contributed by atoms with Gasteiger partial charge in [-0.2, -0.15) is 13.2 Å². The minimum atomic E-state index is -5.47. The molecule has 2 N–H and O–H groups in total. The fraction of sp³-hybridized carbons (Fsp3) is 0.375. The van der Waals surface area contributed by atoms with Gasteiger partial charge in [-0.05, 0) is 6.07 Å². The summed E-state index contributed by atoms with van der Waals surface area (Å²) in [6, 6.07) is 0.179. The molecule has 0 fully saturated rings. The lowest BCUT2D eigenvalue weighted by Crippen LogP contribution is -2.22. The lowest BCUT2D eigenvalue weighted by atomic mass is 10.2. The van der Waals surface area contributed by atoms with Gasteiger partial charge >= 0.3 is 12.5 Å². The minimum absolute atomic E-state index is 0.179. The maximum atomic E-state index is 12.8. The first-order valence-electron chi connectivity index (χ1n) is 4.77. The van der Waals surface area contributed by atoms with E-state index in [0.717, 1.165) is 0 Å². The van der Waals surface area contributed by atoms with Gasteiger partial charge in [-0.25, -0.2) is 13.4 Å². The van der Waals surface area contributed by atoms with Crippen molar-refractivity contribution in [2.45, 2.75) is 24.0 Å². The lowest BCUT2D eigenvalue weighted by molar-refractivity contribution is -0.277. The number of pyridine rings is 1. The Morgan fingerprint density at radius 1 is 1.24 bits per heavy atom. The number of halogens is 7. The zero-order chi connectivity index (χ0) is 16.6. The molecule has 0 unspecified atom stereocenters. The van der Waals surface area contributed by atoms with Crippen LogP contribution in [0.4, 0.5) is 26.3 Å². The smallest absolute Gasteiger partial charge is 0.386 e. The molecule has 13 heteroatoms. The summed E-state index contributed by atoms with van der Waals surface area (Å²) in [4.78, 5) is 1.06. The van der Waals surface area contributed by atoms with Crippen molar-refractivity contribution in [3.8, 4) is 5.88 Å². The van der Waals surface area contributed by atoms with Gasteiger partial charge in [0.05, 0.1) is 11.3 Å². The Labute approximate surface area is 118 Å². The molecule has 0 aromatic carbocycles. The van der Waals surface area contributed by atoms with Crippen molar-refractivity contribution in [1.82, 2.24) is 4.98 Å². The summed E-state index contributed by atoms with van der Waals surface area (Å²) in [5.74, 6) is -1.84. The summed E-state index contributed by atoms with van der Waals surface area (Å²) < 4.78 is 100. The highest BCUT2D eigenvalue weighted by Crippen LogP contribution is 2.41. The molecule has 0 radical (unpaired) electrons. The van der Waals surface area contributed by atoms with Crippen LogP contribution in [0.25, 0.3) is 0 Å². The zero-order valence-electron chi connectivity index (χ0n) is 9.59. The van der Waals surface area contributed by atoms with E-state index in [4.69, 9.17) is 16.4 Å². The summed E-state index contributed by atoms with van der Waals surface area (Å²) >= 11 is 0. The third-order valence-electron chi connectivity index (χ3n) is 1.97. The number of rotatable bonds is 3. The van der Waals surface area contributed by atoms with Gasteiger partial charge < -0.3 is 10.5 Å². The number of aromatic nitrogens is 1. The Morgan fingerprint density at radius 3 is 2.10 bits per heavy atom. The second-order valence-corrected chi connectivity index (χ2v) is 5.99. The molecule has 0 amide bonds. The summed E-state index contributed by atoms with van der Waals surface area (Å²) in [5.41, 5.74) is 2.39. The van der Waals surface area contributed by atoms with Crippen molar-refractivity contribution in [2.24, 2.45) is 5.73 Å². The number of hydrogen-bond acceptors (Lipinski definition) is 5. The molecule has 0 saturated carbocycles. The number of ether oxygens (including phenoxy) is 1. The van der Waals surface area contributed by atoms with Crippen molar-refractivity contribution in [3.63, 3.8) is 0 Å². The third-order valence-corrected chi connectivity index (χ3v) is 3.31. The fourth-order valence-electron chi connectivity index (χ4n) is 1.29. The van der Waals surface area contributed by atoms with Gasteiger partial charge in [0, 0.05) is 17.2 Å². The SMILES string of the molecule is NCc1cc(C(F)(F)F)c(S(=O)(=O)Cl)c(OC(F)(F)F)n1. The Hall–Kier alpha value is -1.27. The van der Waals surface area contributed by atoms with E-state index in [1.54, 1.807) is 0 Å². The van der Waals surface area contributed by atoms with E-state index < -0.39 is 50.2 Å². The first-order chi connectivity index (χ1) is 9.25. The lowest BCUT2D eigenvalue weighted by Gasteiger charge is -2.16.